The van der Waals surface area contributed by atoms with Crippen molar-refractivity contribution in [2.45, 2.75) is 75.1 Å². The normalized spacial score (nSPS) is 22.5. The van der Waals surface area contributed by atoms with Gasteiger partial charge in [0.25, 0.3) is 0 Å². The Morgan fingerprint density at radius 2 is 1.00 bits per heavy atom. The molecule has 0 bridgehead atoms. The van der Waals surface area contributed by atoms with E-state index in [9.17, 15) is 0 Å². The van der Waals surface area contributed by atoms with Gasteiger partial charge >= 0.3 is 97.4 Å². The molecule has 0 aliphatic rings. The Kier molecular flexibility index (Phi) is 6.80. The molecule has 2 heteroatoms. The first-order valence-corrected chi connectivity index (χ1v) is 12.5. The summed E-state index contributed by atoms with van der Waals surface area (Å²) in [6, 6.07) is 0. The molecular weight excluding hydrogens is 252 g/mol. The van der Waals surface area contributed by atoms with Crippen molar-refractivity contribution >= 4 is 22.3 Å². The zero-order valence-electron chi connectivity index (χ0n) is 10.7. The number of hydrogen-bond acceptors (Lipinski definition) is 0. The summed E-state index contributed by atoms with van der Waals surface area (Å²) in [6.07, 6.45) is 3.79. The Bertz CT molecular complexity index is 132. The molecule has 0 aromatic rings. The van der Waals surface area contributed by atoms with Gasteiger partial charge in [0.05, 0.1) is 0 Å². The molecule has 86 valence electrons. The zero-order chi connectivity index (χ0) is 11.4. The third kappa shape index (κ3) is 2.91. The van der Waals surface area contributed by atoms with Gasteiger partial charge in [-0.25, -0.2) is 0 Å². The number of rotatable bonds is 6. The maximum absolute atomic E-state index is 7.08. The average Bonchev–Trinajstić information content (AvgIpc) is 2.24. The van der Waals surface area contributed by atoms with Crippen LogP contribution in [0, 0.1) is 0 Å². The number of halogens is 1. The van der Waals surface area contributed by atoms with Crippen molar-refractivity contribution in [3.05, 3.63) is 0 Å². The van der Waals surface area contributed by atoms with Crippen LogP contribution < -0.4 is 0 Å². The van der Waals surface area contributed by atoms with Gasteiger partial charge in [0.1, 0.15) is 0 Å². The van der Waals surface area contributed by atoms with Crippen molar-refractivity contribution in [1.29, 1.82) is 0 Å². The first-order chi connectivity index (χ1) is 6.44. The SMILES string of the molecule is CC[CH](C)[Ge]([Cl])([CH](C)CC)[CH](C)CC. The molecule has 0 aliphatic carbocycles. The third-order valence-electron chi connectivity index (χ3n) is 4.10. The van der Waals surface area contributed by atoms with Crippen LogP contribution in [0.15, 0.2) is 0 Å². The minimum atomic E-state index is -2.14. The Morgan fingerprint density at radius 1 is 0.786 bits per heavy atom. The predicted molar refractivity (Wildman–Crippen MR) is 70.8 cm³/mol. The Morgan fingerprint density at radius 3 is 1.14 bits per heavy atom. The number of hydrogen-bond donors (Lipinski definition) is 0. The van der Waals surface area contributed by atoms with Crippen molar-refractivity contribution in [1.82, 2.24) is 0 Å². The first kappa shape index (κ1) is 14.8. The topological polar surface area (TPSA) is 0 Å². The van der Waals surface area contributed by atoms with E-state index in [1.165, 1.54) is 19.3 Å². The monoisotopic (exact) mass is 280 g/mol. The molecule has 14 heavy (non-hydrogen) atoms. The van der Waals surface area contributed by atoms with Crippen LogP contribution in [-0.2, 0) is 0 Å². The van der Waals surface area contributed by atoms with Crippen molar-refractivity contribution in [2.75, 3.05) is 0 Å². The van der Waals surface area contributed by atoms with E-state index in [0.29, 0.717) is 0 Å². The molecule has 0 aromatic heterocycles. The van der Waals surface area contributed by atoms with E-state index in [4.69, 9.17) is 10.0 Å². The molecule has 0 nitrogen and oxygen atoms in total. The van der Waals surface area contributed by atoms with Gasteiger partial charge in [-0.15, -0.1) is 0 Å². The van der Waals surface area contributed by atoms with E-state index in [-0.39, 0.29) is 0 Å². The first-order valence-electron chi connectivity index (χ1n) is 6.13. The Balaban J connectivity index is 4.83. The zero-order valence-corrected chi connectivity index (χ0v) is 13.6. The molecule has 0 spiro atoms. The second kappa shape index (κ2) is 6.42. The van der Waals surface area contributed by atoms with Crippen molar-refractivity contribution in [2.24, 2.45) is 0 Å². The van der Waals surface area contributed by atoms with E-state index in [1.54, 1.807) is 0 Å². The fourth-order valence-electron chi connectivity index (χ4n) is 2.40. The molecule has 0 rings (SSSR count). The van der Waals surface area contributed by atoms with E-state index in [2.05, 4.69) is 41.5 Å². The van der Waals surface area contributed by atoms with Crippen LogP contribution >= 0.6 is 10.0 Å². The molecule has 0 saturated carbocycles. The van der Waals surface area contributed by atoms with Crippen molar-refractivity contribution in [3.8, 4) is 0 Å². The second-order valence-corrected chi connectivity index (χ2v) is 17.8. The molecule has 0 amide bonds. The summed E-state index contributed by atoms with van der Waals surface area (Å²) in [5.74, 6) is 0. The molecule has 0 heterocycles. The fourth-order valence-corrected chi connectivity index (χ4v) is 14.9. The Hall–Kier alpha value is 0.833. The van der Waals surface area contributed by atoms with Crippen LogP contribution in [-0.4, -0.2) is 12.3 Å². The average molecular weight is 279 g/mol. The van der Waals surface area contributed by atoms with Crippen LogP contribution in [0.5, 0.6) is 0 Å². The van der Waals surface area contributed by atoms with Crippen molar-refractivity contribution in [3.63, 3.8) is 0 Å². The van der Waals surface area contributed by atoms with Gasteiger partial charge in [-0.2, -0.15) is 0 Å². The van der Waals surface area contributed by atoms with Crippen molar-refractivity contribution < 1.29 is 0 Å². The van der Waals surface area contributed by atoms with Gasteiger partial charge in [-0.05, 0) is 0 Å². The van der Waals surface area contributed by atoms with Gasteiger partial charge in [-0.1, -0.05) is 0 Å². The van der Waals surface area contributed by atoms with Gasteiger partial charge < -0.3 is 0 Å². The molecule has 3 unspecified atom stereocenters. The summed E-state index contributed by atoms with van der Waals surface area (Å²) in [5.41, 5.74) is 0. The quantitative estimate of drug-likeness (QED) is 0.557. The standard InChI is InChI=1S/C12H27ClGe/c1-7-10(4)14(13,11(5)8-2)12(6)9-3/h10-12H,7-9H2,1-6H3. The molecule has 0 aromatic carbocycles. The molecule has 0 saturated heterocycles. The summed E-state index contributed by atoms with van der Waals surface area (Å²) in [7, 11) is 7.08. The molecule has 0 aliphatic heterocycles. The molecule has 3 atom stereocenters. The van der Waals surface area contributed by atoms with Crippen LogP contribution in [0.1, 0.15) is 60.8 Å². The van der Waals surface area contributed by atoms with Gasteiger partial charge in [-0.3, -0.25) is 0 Å². The summed E-state index contributed by atoms with van der Waals surface area (Å²) in [6.45, 7) is 14.0. The van der Waals surface area contributed by atoms with E-state index in [0.717, 1.165) is 14.3 Å². The van der Waals surface area contributed by atoms with Crippen LogP contribution in [0.2, 0.25) is 14.3 Å². The summed E-state index contributed by atoms with van der Waals surface area (Å²) >= 11 is -2.14. The maximum atomic E-state index is 7.08. The predicted octanol–water partition coefficient (Wildman–Crippen LogP) is 5.57. The van der Waals surface area contributed by atoms with E-state index < -0.39 is 12.3 Å². The van der Waals surface area contributed by atoms with Gasteiger partial charge in [0.15, 0.2) is 0 Å². The van der Waals surface area contributed by atoms with E-state index in [1.807, 2.05) is 0 Å². The summed E-state index contributed by atoms with van der Waals surface area (Å²) in [5, 5.41) is 0. The van der Waals surface area contributed by atoms with Crippen LogP contribution in [0.4, 0.5) is 0 Å². The van der Waals surface area contributed by atoms with E-state index >= 15 is 0 Å². The second-order valence-electron chi connectivity index (χ2n) is 4.76. The fraction of sp³-hybridized carbons (Fsp3) is 1.00. The molecule has 0 fully saturated rings. The molecular formula is C12H27ClGe. The summed E-state index contributed by atoms with van der Waals surface area (Å²) in [4.78, 5) is 0. The van der Waals surface area contributed by atoms with Gasteiger partial charge in [0.2, 0.25) is 0 Å². The molecule has 0 N–H and O–H groups in total. The minimum absolute atomic E-state index is 0.793. The summed E-state index contributed by atoms with van der Waals surface area (Å²) < 4.78 is 2.38. The van der Waals surface area contributed by atoms with Gasteiger partial charge in [0, 0.05) is 0 Å². The van der Waals surface area contributed by atoms with Crippen LogP contribution in [0.3, 0.4) is 0 Å². The Labute approximate surface area is 97.3 Å². The van der Waals surface area contributed by atoms with Crippen LogP contribution in [0.25, 0.3) is 0 Å². The third-order valence-corrected chi connectivity index (χ3v) is 22.0. The molecule has 0 radical (unpaired) electrons.